The smallest absolute Gasteiger partial charge is 0.341 e. The zero-order valence-corrected chi connectivity index (χ0v) is 16.9. The van der Waals surface area contributed by atoms with Crippen LogP contribution in [0.1, 0.15) is 40.7 Å². The average Bonchev–Trinajstić information content (AvgIpc) is 3.09. The molecular formula is C21H23F3N4O2. The molecule has 0 N–H and O–H groups in total. The summed E-state index contributed by atoms with van der Waals surface area (Å²) in [4.78, 5) is 28.3. The SMILES string of the molecule is C=C(C)n1nc(C(F)(F)F)c2c1C(=O)N(CCC(=O)N(C)Cc1ccccc1)CC2. The number of benzene rings is 1. The van der Waals surface area contributed by atoms with Gasteiger partial charge in [0.15, 0.2) is 5.69 Å². The maximum absolute atomic E-state index is 13.3. The summed E-state index contributed by atoms with van der Waals surface area (Å²) in [5.41, 5.74) is -0.0784. The third-order valence-electron chi connectivity index (χ3n) is 5.02. The topological polar surface area (TPSA) is 58.4 Å². The van der Waals surface area contributed by atoms with E-state index in [0.717, 1.165) is 10.2 Å². The predicted octanol–water partition coefficient (Wildman–Crippen LogP) is 3.44. The minimum Gasteiger partial charge on any atom is -0.341 e. The molecule has 9 heteroatoms. The van der Waals surface area contributed by atoms with Crippen molar-refractivity contribution in [2.75, 3.05) is 20.1 Å². The number of fused-ring (bicyclic) bond motifs is 1. The molecule has 0 spiro atoms. The Morgan fingerprint density at radius 3 is 2.53 bits per heavy atom. The summed E-state index contributed by atoms with van der Waals surface area (Å²) >= 11 is 0. The van der Waals surface area contributed by atoms with Crippen molar-refractivity contribution < 1.29 is 22.8 Å². The lowest BCUT2D eigenvalue weighted by atomic mass is 10.0. The highest BCUT2D eigenvalue weighted by Gasteiger charge is 2.43. The molecule has 160 valence electrons. The van der Waals surface area contributed by atoms with E-state index in [1.807, 2.05) is 30.3 Å². The second-order valence-electron chi connectivity index (χ2n) is 7.35. The van der Waals surface area contributed by atoms with E-state index in [9.17, 15) is 22.8 Å². The number of amides is 2. The molecule has 0 aliphatic carbocycles. The highest BCUT2D eigenvalue weighted by molar-refractivity contribution is 5.96. The molecule has 0 saturated carbocycles. The van der Waals surface area contributed by atoms with Crippen LogP contribution in [0.25, 0.3) is 5.70 Å². The summed E-state index contributed by atoms with van der Waals surface area (Å²) in [7, 11) is 1.68. The Morgan fingerprint density at radius 1 is 1.27 bits per heavy atom. The number of alkyl halides is 3. The van der Waals surface area contributed by atoms with Crippen molar-refractivity contribution in [3.8, 4) is 0 Å². The summed E-state index contributed by atoms with van der Waals surface area (Å²) in [6, 6.07) is 9.49. The minimum absolute atomic E-state index is 0.0250. The molecule has 1 aromatic heterocycles. The standard InChI is InChI=1S/C21H23F3N4O2/c1-14(2)28-18-16(19(25-28)21(22,23)24)9-11-27(20(18)30)12-10-17(29)26(3)13-15-7-5-4-6-8-15/h4-8H,1,9-13H2,2-3H3. The predicted molar refractivity (Wildman–Crippen MR) is 105 cm³/mol. The van der Waals surface area contributed by atoms with Crippen molar-refractivity contribution >= 4 is 17.5 Å². The number of nitrogens with zero attached hydrogens (tertiary/aromatic N) is 4. The van der Waals surface area contributed by atoms with Crippen molar-refractivity contribution in [1.82, 2.24) is 19.6 Å². The van der Waals surface area contributed by atoms with E-state index in [4.69, 9.17) is 0 Å². The Hall–Kier alpha value is -3.10. The number of aromatic nitrogens is 2. The van der Waals surface area contributed by atoms with Crippen molar-refractivity contribution in [3.05, 3.63) is 59.4 Å². The normalized spacial score (nSPS) is 13.9. The molecule has 6 nitrogen and oxygen atoms in total. The molecule has 1 aromatic carbocycles. The van der Waals surface area contributed by atoms with Crippen molar-refractivity contribution in [2.45, 2.75) is 32.5 Å². The van der Waals surface area contributed by atoms with Crippen LogP contribution in [0.15, 0.2) is 36.9 Å². The van der Waals surface area contributed by atoms with Crippen LogP contribution in [0.4, 0.5) is 13.2 Å². The third-order valence-corrected chi connectivity index (χ3v) is 5.02. The fraction of sp³-hybridized carbons (Fsp3) is 0.381. The lowest BCUT2D eigenvalue weighted by molar-refractivity contribution is -0.142. The van der Waals surface area contributed by atoms with Gasteiger partial charge in [-0.2, -0.15) is 18.3 Å². The van der Waals surface area contributed by atoms with E-state index < -0.39 is 17.8 Å². The molecule has 0 atom stereocenters. The second kappa shape index (κ2) is 8.33. The molecule has 0 fully saturated rings. The van der Waals surface area contributed by atoms with E-state index in [1.54, 1.807) is 11.9 Å². The average molecular weight is 420 g/mol. The molecule has 0 bridgehead atoms. The zero-order chi connectivity index (χ0) is 22.1. The van der Waals surface area contributed by atoms with Gasteiger partial charge in [-0.05, 0) is 18.9 Å². The second-order valence-corrected chi connectivity index (χ2v) is 7.35. The molecule has 0 radical (unpaired) electrons. The van der Waals surface area contributed by atoms with Crippen LogP contribution in [0.3, 0.4) is 0 Å². The fourth-order valence-corrected chi connectivity index (χ4v) is 3.49. The first-order valence-corrected chi connectivity index (χ1v) is 9.51. The van der Waals surface area contributed by atoms with Gasteiger partial charge in [-0.1, -0.05) is 36.9 Å². The quantitative estimate of drug-likeness (QED) is 0.720. The minimum atomic E-state index is -4.65. The van der Waals surface area contributed by atoms with E-state index in [0.29, 0.717) is 6.54 Å². The molecule has 3 rings (SSSR count). The van der Waals surface area contributed by atoms with Crippen LogP contribution < -0.4 is 0 Å². The fourth-order valence-electron chi connectivity index (χ4n) is 3.49. The molecule has 2 aromatic rings. The zero-order valence-electron chi connectivity index (χ0n) is 16.9. The first-order valence-electron chi connectivity index (χ1n) is 9.51. The molecular weight excluding hydrogens is 397 g/mol. The van der Waals surface area contributed by atoms with Crippen LogP contribution in [0.5, 0.6) is 0 Å². The van der Waals surface area contributed by atoms with E-state index in [1.165, 1.54) is 11.8 Å². The van der Waals surface area contributed by atoms with Crippen LogP contribution >= 0.6 is 0 Å². The Labute approximate surface area is 172 Å². The molecule has 2 amide bonds. The number of carbonyl (C=O) groups excluding carboxylic acids is 2. The number of carbonyl (C=O) groups is 2. The van der Waals surface area contributed by atoms with Gasteiger partial charge in [-0.3, -0.25) is 9.59 Å². The summed E-state index contributed by atoms with van der Waals surface area (Å²) in [5.74, 6) is -0.720. The van der Waals surface area contributed by atoms with Gasteiger partial charge in [0.05, 0.1) is 0 Å². The highest BCUT2D eigenvalue weighted by atomic mass is 19.4. The Kier molecular flexibility index (Phi) is 6.00. The molecule has 0 saturated heterocycles. The first-order chi connectivity index (χ1) is 14.1. The van der Waals surface area contributed by atoms with E-state index in [-0.39, 0.29) is 48.8 Å². The van der Waals surface area contributed by atoms with Gasteiger partial charge in [0.25, 0.3) is 5.91 Å². The summed E-state index contributed by atoms with van der Waals surface area (Å²) in [6.07, 6.45) is -4.54. The maximum atomic E-state index is 13.3. The van der Waals surface area contributed by atoms with Crippen molar-refractivity contribution in [1.29, 1.82) is 0 Å². The lowest BCUT2D eigenvalue weighted by Gasteiger charge is -2.28. The number of rotatable bonds is 6. The first kappa shape index (κ1) is 21.6. The Morgan fingerprint density at radius 2 is 1.93 bits per heavy atom. The van der Waals surface area contributed by atoms with Gasteiger partial charge in [0.2, 0.25) is 5.91 Å². The molecule has 1 aliphatic rings. The summed E-state index contributed by atoms with van der Waals surface area (Å²) in [6.45, 7) is 5.78. The van der Waals surface area contributed by atoms with Gasteiger partial charge >= 0.3 is 6.18 Å². The molecule has 2 heterocycles. The van der Waals surface area contributed by atoms with Gasteiger partial charge in [0.1, 0.15) is 5.69 Å². The number of hydrogen-bond donors (Lipinski definition) is 0. The van der Waals surface area contributed by atoms with Crippen molar-refractivity contribution in [3.63, 3.8) is 0 Å². The van der Waals surface area contributed by atoms with E-state index in [2.05, 4.69) is 11.7 Å². The largest absolute Gasteiger partial charge is 0.435 e. The van der Waals surface area contributed by atoms with Gasteiger partial charge in [-0.25, -0.2) is 4.68 Å². The van der Waals surface area contributed by atoms with Crippen LogP contribution in [-0.4, -0.2) is 51.5 Å². The van der Waals surface area contributed by atoms with Gasteiger partial charge in [0, 0.05) is 44.4 Å². The number of halogens is 3. The Balaban J connectivity index is 1.70. The van der Waals surface area contributed by atoms with Crippen LogP contribution in [0, 0.1) is 0 Å². The maximum Gasteiger partial charge on any atom is 0.435 e. The molecule has 30 heavy (non-hydrogen) atoms. The molecule has 1 aliphatic heterocycles. The summed E-state index contributed by atoms with van der Waals surface area (Å²) < 4.78 is 40.9. The molecule has 0 unspecified atom stereocenters. The third kappa shape index (κ3) is 4.39. The Bertz CT molecular complexity index is 967. The number of allylic oxidation sites excluding steroid dienone is 1. The monoisotopic (exact) mass is 420 g/mol. The van der Waals surface area contributed by atoms with E-state index >= 15 is 0 Å². The van der Waals surface area contributed by atoms with Crippen LogP contribution in [-0.2, 0) is 23.9 Å². The lowest BCUT2D eigenvalue weighted by Crippen LogP contribution is -2.41. The van der Waals surface area contributed by atoms with Crippen molar-refractivity contribution in [2.24, 2.45) is 0 Å². The van der Waals surface area contributed by atoms with Gasteiger partial charge in [-0.15, -0.1) is 0 Å². The number of hydrogen-bond acceptors (Lipinski definition) is 3. The summed E-state index contributed by atoms with van der Waals surface area (Å²) in [5, 5.41) is 3.59. The highest BCUT2D eigenvalue weighted by Crippen LogP contribution is 2.35. The van der Waals surface area contributed by atoms with Gasteiger partial charge < -0.3 is 9.80 Å². The van der Waals surface area contributed by atoms with Crippen LogP contribution in [0.2, 0.25) is 0 Å².